The van der Waals surface area contributed by atoms with Crippen LogP contribution in [-0.4, -0.2) is 23.5 Å². The minimum absolute atomic E-state index is 0. The van der Waals surface area contributed by atoms with E-state index in [9.17, 15) is 4.79 Å². The average molecular weight is 294 g/mol. The zero-order chi connectivity index (χ0) is 12.0. The molecule has 0 aliphatic heterocycles. The van der Waals surface area contributed by atoms with Gasteiger partial charge < -0.3 is 11.1 Å². The quantitative estimate of drug-likeness (QED) is 0.871. The van der Waals surface area contributed by atoms with Crippen LogP contribution in [0.4, 0.5) is 0 Å². The number of nitrogens with zero attached hydrogens (tertiary/aromatic N) is 1. The molecule has 0 saturated heterocycles. The number of halogens is 2. The maximum Gasteiger partial charge on any atom is 0.227 e. The number of aromatic nitrogens is 1. The van der Waals surface area contributed by atoms with E-state index in [4.69, 9.17) is 5.73 Å². The van der Waals surface area contributed by atoms with Crippen molar-refractivity contribution in [1.29, 1.82) is 0 Å². The summed E-state index contributed by atoms with van der Waals surface area (Å²) in [5.41, 5.74) is 6.54. The fourth-order valence-electron chi connectivity index (χ4n) is 1.36. The highest BCUT2D eigenvalue weighted by Crippen LogP contribution is 2.12. The monoisotopic (exact) mass is 293 g/mol. The van der Waals surface area contributed by atoms with Crippen molar-refractivity contribution < 1.29 is 4.79 Å². The van der Waals surface area contributed by atoms with E-state index in [2.05, 4.69) is 10.3 Å². The number of carbonyl (C=O) groups is 1. The minimum atomic E-state index is -0.165. The van der Waals surface area contributed by atoms with Crippen LogP contribution in [0.15, 0.2) is 24.5 Å². The van der Waals surface area contributed by atoms with Gasteiger partial charge in [-0.05, 0) is 31.9 Å². The molecular weight excluding hydrogens is 273 g/mol. The number of hydrogen-bond donors (Lipinski definition) is 2. The highest BCUT2D eigenvalue weighted by Gasteiger charge is 2.14. The van der Waals surface area contributed by atoms with Crippen LogP contribution in [0.3, 0.4) is 0 Å². The highest BCUT2D eigenvalue weighted by atomic mass is 35.5. The smallest absolute Gasteiger partial charge is 0.227 e. The van der Waals surface area contributed by atoms with Crippen molar-refractivity contribution in [2.24, 2.45) is 5.73 Å². The standard InChI is InChI=1S/C12H19N3O.2ClH/c1-9(13)5-7-15-12(16)10(2)11-4-3-6-14-8-11;;/h3-4,6,8-10H,5,7,13H2,1-2H3,(H,15,16);2*1H. The first-order chi connectivity index (χ1) is 7.61. The maximum absolute atomic E-state index is 11.7. The molecule has 4 nitrogen and oxygen atoms in total. The van der Waals surface area contributed by atoms with E-state index >= 15 is 0 Å². The molecule has 104 valence electrons. The van der Waals surface area contributed by atoms with Gasteiger partial charge in [0.25, 0.3) is 0 Å². The molecule has 2 atom stereocenters. The molecule has 1 heterocycles. The minimum Gasteiger partial charge on any atom is -0.356 e. The highest BCUT2D eigenvalue weighted by molar-refractivity contribution is 5.85. The number of rotatable bonds is 5. The summed E-state index contributed by atoms with van der Waals surface area (Å²) in [6.45, 7) is 4.43. The van der Waals surface area contributed by atoms with Crippen molar-refractivity contribution in [2.75, 3.05) is 6.54 Å². The van der Waals surface area contributed by atoms with E-state index in [1.807, 2.05) is 26.0 Å². The molecule has 2 unspecified atom stereocenters. The third-order valence-corrected chi connectivity index (χ3v) is 2.48. The molecule has 1 rings (SSSR count). The molecule has 0 bridgehead atoms. The second-order valence-electron chi connectivity index (χ2n) is 4.07. The summed E-state index contributed by atoms with van der Waals surface area (Å²) < 4.78 is 0. The molecule has 0 aliphatic rings. The molecule has 0 spiro atoms. The zero-order valence-corrected chi connectivity index (χ0v) is 12.3. The Bertz CT molecular complexity index is 333. The Balaban J connectivity index is 0. The Morgan fingerprint density at radius 2 is 2.11 bits per heavy atom. The molecule has 0 radical (unpaired) electrons. The van der Waals surface area contributed by atoms with Crippen molar-refractivity contribution >= 4 is 30.7 Å². The molecule has 0 aromatic carbocycles. The molecule has 0 saturated carbocycles. The molecule has 3 N–H and O–H groups in total. The summed E-state index contributed by atoms with van der Waals surface area (Å²) in [5.74, 6) is -0.143. The van der Waals surface area contributed by atoms with E-state index in [0.29, 0.717) is 6.54 Å². The van der Waals surface area contributed by atoms with Crippen LogP contribution >= 0.6 is 24.8 Å². The van der Waals surface area contributed by atoms with Gasteiger partial charge in [0, 0.05) is 25.0 Å². The van der Waals surface area contributed by atoms with Crippen LogP contribution in [0.2, 0.25) is 0 Å². The Hall–Kier alpha value is -0.840. The fraction of sp³-hybridized carbons (Fsp3) is 0.500. The van der Waals surface area contributed by atoms with Gasteiger partial charge in [0.1, 0.15) is 0 Å². The molecular formula is C12H21Cl2N3O. The van der Waals surface area contributed by atoms with Crippen molar-refractivity contribution in [1.82, 2.24) is 10.3 Å². The van der Waals surface area contributed by atoms with Crippen LogP contribution in [0.25, 0.3) is 0 Å². The third kappa shape index (κ3) is 6.79. The van der Waals surface area contributed by atoms with E-state index in [1.54, 1.807) is 12.4 Å². The van der Waals surface area contributed by atoms with Crippen LogP contribution < -0.4 is 11.1 Å². The number of pyridine rings is 1. The predicted octanol–water partition coefficient (Wildman–Crippen LogP) is 1.88. The van der Waals surface area contributed by atoms with Crippen molar-refractivity contribution in [3.05, 3.63) is 30.1 Å². The summed E-state index contributed by atoms with van der Waals surface area (Å²) in [4.78, 5) is 15.7. The molecule has 1 aromatic heterocycles. The lowest BCUT2D eigenvalue weighted by Crippen LogP contribution is -2.31. The van der Waals surface area contributed by atoms with Gasteiger partial charge in [-0.1, -0.05) is 6.07 Å². The summed E-state index contributed by atoms with van der Waals surface area (Å²) in [6, 6.07) is 3.86. The Morgan fingerprint density at radius 1 is 1.44 bits per heavy atom. The predicted molar refractivity (Wildman–Crippen MR) is 78.4 cm³/mol. The lowest BCUT2D eigenvalue weighted by atomic mass is 10.0. The number of nitrogens with two attached hydrogens (primary N) is 1. The SMILES string of the molecule is CC(N)CCNC(=O)C(C)c1cccnc1.Cl.Cl. The van der Waals surface area contributed by atoms with Gasteiger partial charge in [0.15, 0.2) is 0 Å². The van der Waals surface area contributed by atoms with Crippen molar-refractivity contribution in [3.63, 3.8) is 0 Å². The molecule has 18 heavy (non-hydrogen) atoms. The summed E-state index contributed by atoms with van der Waals surface area (Å²) >= 11 is 0. The molecule has 1 aromatic rings. The second kappa shape index (κ2) is 10.1. The summed E-state index contributed by atoms with van der Waals surface area (Å²) in [5, 5.41) is 2.87. The van der Waals surface area contributed by atoms with Crippen molar-refractivity contribution in [2.45, 2.75) is 32.2 Å². The van der Waals surface area contributed by atoms with Crippen LogP contribution in [0.5, 0.6) is 0 Å². The van der Waals surface area contributed by atoms with Crippen LogP contribution in [0.1, 0.15) is 31.7 Å². The first kappa shape index (κ1) is 19.5. The van der Waals surface area contributed by atoms with E-state index in [1.165, 1.54) is 0 Å². The zero-order valence-electron chi connectivity index (χ0n) is 10.6. The van der Waals surface area contributed by atoms with Gasteiger partial charge in [-0.3, -0.25) is 9.78 Å². The second-order valence-corrected chi connectivity index (χ2v) is 4.07. The van der Waals surface area contributed by atoms with E-state index in [-0.39, 0.29) is 42.7 Å². The molecule has 0 fully saturated rings. The van der Waals surface area contributed by atoms with Gasteiger partial charge in [-0.25, -0.2) is 0 Å². The first-order valence-corrected chi connectivity index (χ1v) is 5.54. The third-order valence-electron chi connectivity index (χ3n) is 2.48. The first-order valence-electron chi connectivity index (χ1n) is 5.54. The maximum atomic E-state index is 11.7. The van der Waals surface area contributed by atoms with Gasteiger partial charge in [-0.2, -0.15) is 0 Å². The lowest BCUT2D eigenvalue weighted by molar-refractivity contribution is -0.122. The number of hydrogen-bond acceptors (Lipinski definition) is 3. The normalized spacial score (nSPS) is 12.6. The van der Waals surface area contributed by atoms with Crippen molar-refractivity contribution in [3.8, 4) is 0 Å². The van der Waals surface area contributed by atoms with Gasteiger partial charge in [0.05, 0.1) is 5.92 Å². The van der Waals surface area contributed by atoms with Crippen LogP contribution in [-0.2, 0) is 4.79 Å². The fourth-order valence-corrected chi connectivity index (χ4v) is 1.36. The molecule has 0 aliphatic carbocycles. The van der Waals surface area contributed by atoms with Crippen LogP contribution in [0, 0.1) is 0 Å². The number of nitrogens with one attached hydrogen (secondary N) is 1. The van der Waals surface area contributed by atoms with Gasteiger partial charge >= 0.3 is 0 Å². The lowest BCUT2D eigenvalue weighted by Gasteiger charge is -2.12. The van der Waals surface area contributed by atoms with Gasteiger partial charge in [0.2, 0.25) is 5.91 Å². The Labute approximate surface area is 121 Å². The summed E-state index contributed by atoms with van der Waals surface area (Å²) in [6.07, 6.45) is 4.21. The van der Waals surface area contributed by atoms with E-state index in [0.717, 1.165) is 12.0 Å². The topological polar surface area (TPSA) is 68.0 Å². The molecule has 1 amide bonds. The number of carbonyl (C=O) groups excluding carboxylic acids is 1. The average Bonchev–Trinajstić information content (AvgIpc) is 2.28. The van der Waals surface area contributed by atoms with Gasteiger partial charge in [-0.15, -0.1) is 24.8 Å². The Morgan fingerprint density at radius 3 is 2.61 bits per heavy atom. The van der Waals surface area contributed by atoms with E-state index < -0.39 is 0 Å². The largest absolute Gasteiger partial charge is 0.356 e. The molecule has 6 heteroatoms. The summed E-state index contributed by atoms with van der Waals surface area (Å²) in [7, 11) is 0. The Kier molecular flexibility index (Phi) is 11.0. The number of amides is 1.